The molecule has 0 fully saturated rings. The van der Waals surface area contributed by atoms with Gasteiger partial charge in [-0.2, -0.15) is 0 Å². The Labute approximate surface area is 97.1 Å². The highest BCUT2D eigenvalue weighted by molar-refractivity contribution is 5.50. The molecule has 0 saturated heterocycles. The van der Waals surface area contributed by atoms with Crippen molar-refractivity contribution in [2.24, 2.45) is 0 Å². The van der Waals surface area contributed by atoms with E-state index in [4.69, 9.17) is 0 Å². The van der Waals surface area contributed by atoms with Crippen LogP contribution in [0.5, 0.6) is 5.75 Å². The fourth-order valence-corrected chi connectivity index (χ4v) is 2.77. The molecule has 1 aliphatic carbocycles. The van der Waals surface area contributed by atoms with Gasteiger partial charge >= 0.3 is 0 Å². The maximum absolute atomic E-state index is 10.00. The molecule has 1 aromatic carbocycles. The molecule has 88 valence electrons. The minimum absolute atomic E-state index is 0.236. The summed E-state index contributed by atoms with van der Waals surface area (Å²) in [7, 11) is 3.96. The second kappa shape index (κ2) is 4.07. The van der Waals surface area contributed by atoms with E-state index in [2.05, 4.69) is 19.3 Å². The quantitative estimate of drug-likeness (QED) is 0.751. The van der Waals surface area contributed by atoms with Crippen LogP contribution in [0, 0.1) is 6.92 Å². The lowest BCUT2D eigenvalue weighted by Gasteiger charge is -2.20. The van der Waals surface area contributed by atoms with Crippen LogP contribution in [0.4, 0.5) is 0 Å². The van der Waals surface area contributed by atoms with Gasteiger partial charge < -0.3 is 5.11 Å². The minimum Gasteiger partial charge on any atom is -0.508 e. The molecule has 0 radical (unpaired) electrons. The monoisotopic (exact) mass is 220 g/mol. The molecule has 0 saturated carbocycles. The van der Waals surface area contributed by atoms with Gasteiger partial charge in [0.25, 0.3) is 0 Å². The van der Waals surface area contributed by atoms with Crippen LogP contribution in [0.2, 0.25) is 0 Å². The lowest BCUT2D eigenvalue weighted by atomic mass is 9.97. The van der Waals surface area contributed by atoms with E-state index >= 15 is 0 Å². The van der Waals surface area contributed by atoms with Crippen LogP contribution in [0.3, 0.4) is 0 Å². The normalized spacial score (nSPS) is 23.8. The molecule has 3 heteroatoms. The lowest BCUT2D eigenvalue weighted by Crippen LogP contribution is -2.33. The van der Waals surface area contributed by atoms with Gasteiger partial charge in [-0.05, 0) is 36.5 Å². The largest absolute Gasteiger partial charge is 0.508 e. The molecule has 2 rings (SSSR count). The molecule has 0 aliphatic heterocycles. The van der Waals surface area contributed by atoms with E-state index in [9.17, 15) is 5.11 Å². The number of aromatic hydroxyl groups is 1. The van der Waals surface area contributed by atoms with Crippen LogP contribution < -0.4 is 5.43 Å². The van der Waals surface area contributed by atoms with Crippen LogP contribution >= 0.6 is 0 Å². The molecule has 1 aliphatic rings. The predicted octanol–water partition coefficient (Wildman–Crippen LogP) is 2.32. The summed E-state index contributed by atoms with van der Waals surface area (Å²) in [5, 5.41) is 12.0. The second-order valence-electron chi connectivity index (χ2n) is 4.94. The third kappa shape index (κ3) is 1.81. The number of aryl methyl sites for hydroxylation is 1. The summed E-state index contributed by atoms with van der Waals surface area (Å²) in [6, 6.07) is 4.04. The van der Waals surface area contributed by atoms with Crippen molar-refractivity contribution in [1.29, 1.82) is 0 Å². The van der Waals surface area contributed by atoms with Crippen molar-refractivity contribution in [2.45, 2.75) is 32.2 Å². The Morgan fingerprint density at radius 3 is 2.62 bits per heavy atom. The summed E-state index contributed by atoms with van der Waals surface area (Å²) >= 11 is 0. The second-order valence-corrected chi connectivity index (χ2v) is 4.94. The first kappa shape index (κ1) is 11.4. The van der Waals surface area contributed by atoms with Gasteiger partial charge in [0.05, 0.1) is 6.04 Å². The molecular weight excluding hydrogens is 200 g/mol. The molecule has 3 nitrogen and oxygen atoms in total. The zero-order valence-corrected chi connectivity index (χ0v) is 10.4. The van der Waals surface area contributed by atoms with Gasteiger partial charge in [0.15, 0.2) is 0 Å². The van der Waals surface area contributed by atoms with Crippen LogP contribution in [0.15, 0.2) is 12.1 Å². The Balaban J connectivity index is 2.44. The van der Waals surface area contributed by atoms with E-state index in [-0.39, 0.29) is 6.04 Å². The number of hydrazine groups is 1. The van der Waals surface area contributed by atoms with Crippen molar-refractivity contribution in [3.8, 4) is 5.75 Å². The molecule has 0 aromatic heterocycles. The topological polar surface area (TPSA) is 35.5 Å². The average Bonchev–Trinajstić information content (AvgIpc) is 2.49. The molecule has 2 atom stereocenters. The first-order valence-electron chi connectivity index (χ1n) is 5.76. The fourth-order valence-electron chi connectivity index (χ4n) is 2.77. The lowest BCUT2D eigenvalue weighted by molar-refractivity contribution is 0.237. The number of hydrogen-bond acceptors (Lipinski definition) is 3. The molecule has 1 aromatic rings. The third-order valence-electron chi connectivity index (χ3n) is 3.33. The molecular formula is C13H20N2O. The zero-order valence-electron chi connectivity index (χ0n) is 10.4. The number of nitrogens with one attached hydrogen (secondary N) is 1. The van der Waals surface area contributed by atoms with Crippen LogP contribution in [-0.2, 0) is 0 Å². The maximum Gasteiger partial charge on any atom is 0.120 e. The number of fused-ring (bicyclic) bond motifs is 1. The van der Waals surface area contributed by atoms with Gasteiger partial charge in [-0.15, -0.1) is 0 Å². The van der Waals surface area contributed by atoms with Crippen molar-refractivity contribution in [1.82, 2.24) is 10.4 Å². The fraction of sp³-hybridized carbons (Fsp3) is 0.538. The SMILES string of the molecule is Cc1ccc(O)c2c1C(C)CC2NN(C)C. The first-order valence-corrected chi connectivity index (χ1v) is 5.76. The summed E-state index contributed by atoms with van der Waals surface area (Å²) in [6.45, 7) is 4.34. The number of hydrogen-bond donors (Lipinski definition) is 2. The summed E-state index contributed by atoms with van der Waals surface area (Å²) in [5.74, 6) is 0.934. The zero-order chi connectivity index (χ0) is 11.9. The highest BCUT2D eigenvalue weighted by Gasteiger charge is 2.32. The van der Waals surface area contributed by atoms with E-state index in [1.54, 1.807) is 6.07 Å². The maximum atomic E-state index is 10.00. The Morgan fingerprint density at radius 1 is 1.31 bits per heavy atom. The van der Waals surface area contributed by atoms with Gasteiger partial charge in [-0.25, -0.2) is 5.43 Å². The van der Waals surface area contributed by atoms with Crippen LogP contribution in [-0.4, -0.2) is 24.2 Å². The molecule has 2 N–H and O–H groups in total. The Morgan fingerprint density at radius 2 is 2.00 bits per heavy atom. The Hall–Kier alpha value is -1.06. The highest BCUT2D eigenvalue weighted by Crippen LogP contribution is 2.45. The number of phenols is 1. The highest BCUT2D eigenvalue weighted by atomic mass is 16.3. The third-order valence-corrected chi connectivity index (χ3v) is 3.33. The smallest absolute Gasteiger partial charge is 0.120 e. The van der Waals surface area contributed by atoms with Crippen molar-refractivity contribution in [3.63, 3.8) is 0 Å². The van der Waals surface area contributed by atoms with E-state index in [1.807, 2.05) is 25.2 Å². The Bertz CT molecular complexity index is 401. The average molecular weight is 220 g/mol. The van der Waals surface area contributed by atoms with Gasteiger partial charge in [-0.1, -0.05) is 13.0 Å². The number of phenolic OH excluding ortho intramolecular Hbond substituents is 1. The number of nitrogens with zero attached hydrogens (tertiary/aromatic N) is 1. The summed E-state index contributed by atoms with van der Waals surface area (Å²) < 4.78 is 0. The van der Waals surface area contributed by atoms with E-state index < -0.39 is 0 Å². The molecule has 2 unspecified atom stereocenters. The van der Waals surface area contributed by atoms with Crippen molar-refractivity contribution >= 4 is 0 Å². The van der Waals surface area contributed by atoms with Crippen molar-refractivity contribution in [3.05, 3.63) is 28.8 Å². The molecule has 0 bridgehead atoms. The van der Waals surface area contributed by atoms with Crippen LogP contribution in [0.1, 0.15) is 42.0 Å². The molecule has 0 heterocycles. The van der Waals surface area contributed by atoms with Gasteiger partial charge in [0.1, 0.15) is 5.75 Å². The molecule has 0 amide bonds. The van der Waals surface area contributed by atoms with Gasteiger partial charge in [-0.3, -0.25) is 5.01 Å². The van der Waals surface area contributed by atoms with E-state index in [0.29, 0.717) is 11.7 Å². The summed E-state index contributed by atoms with van der Waals surface area (Å²) in [6.07, 6.45) is 1.05. The van der Waals surface area contributed by atoms with Crippen LogP contribution in [0.25, 0.3) is 0 Å². The Kier molecular flexibility index (Phi) is 2.91. The van der Waals surface area contributed by atoms with Gasteiger partial charge in [0, 0.05) is 19.7 Å². The number of rotatable bonds is 2. The summed E-state index contributed by atoms with van der Waals surface area (Å²) in [4.78, 5) is 0. The minimum atomic E-state index is 0.236. The van der Waals surface area contributed by atoms with Gasteiger partial charge in [0.2, 0.25) is 0 Å². The van der Waals surface area contributed by atoms with Crippen molar-refractivity contribution < 1.29 is 5.11 Å². The standard InChI is InChI=1S/C13H20N2O/c1-8-5-6-11(16)13-10(14-15(3)4)7-9(2)12(8)13/h5-6,9-10,14,16H,7H2,1-4H3. The molecule has 0 spiro atoms. The molecule has 16 heavy (non-hydrogen) atoms. The van der Waals surface area contributed by atoms with E-state index in [1.165, 1.54) is 11.1 Å². The predicted molar refractivity (Wildman–Crippen MR) is 65.4 cm³/mol. The summed E-state index contributed by atoms with van der Waals surface area (Å²) in [5.41, 5.74) is 7.05. The van der Waals surface area contributed by atoms with Crippen molar-refractivity contribution in [2.75, 3.05) is 14.1 Å². The number of benzene rings is 1. The van der Waals surface area contributed by atoms with E-state index in [0.717, 1.165) is 12.0 Å². The first-order chi connectivity index (χ1) is 7.50.